The van der Waals surface area contributed by atoms with Crippen molar-refractivity contribution in [3.8, 4) is 11.1 Å². The number of benzene rings is 2. The lowest BCUT2D eigenvalue weighted by molar-refractivity contribution is 0.627. The predicted molar refractivity (Wildman–Crippen MR) is 66.0 cm³/mol. The summed E-state index contributed by atoms with van der Waals surface area (Å²) < 4.78 is 13.2. The molecule has 0 atom stereocenters. The molecule has 0 aliphatic carbocycles. The highest BCUT2D eigenvalue weighted by molar-refractivity contribution is 6.33. The normalized spacial score (nSPS) is 10.4. The Morgan fingerprint density at radius 2 is 1.81 bits per heavy atom. The van der Waals surface area contributed by atoms with E-state index in [0.29, 0.717) is 10.7 Å². The molecule has 1 nitrogen and oxygen atoms in total. The first kappa shape index (κ1) is 11.0. The van der Waals surface area contributed by atoms with E-state index in [-0.39, 0.29) is 5.82 Å². The van der Waals surface area contributed by atoms with E-state index in [1.165, 1.54) is 12.1 Å². The lowest BCUT2D eigenvalue weighted by Crippen LogP contribution is -1.88. The summed E-state index contributed by atoms with van der Waals surface area (Å²) in [7, 11) is 0. The number of nitrogens with two attached hydrogens (primary N) is 1. The molecule has 2 rings (SSSR count). The molecule has 0 amide bonds. The molecule has 0 heterocycles. The van der Waals surface area contributed by atoms with Crippen LogP contribution in [0.5, 0.6) is 0 Å². The van der Waals surface area contributed by atoms with Gasteiger partial charge in [0, 0.05) is 0 Å². The third kappa shape index (κ3) is 2.17. The Hall–Kier alpha value is -1.54. The highest BCUT2D eigenvalue weighted by Crippen LogP contribution is 2.27. The van der Waals surface area contributed by atoms with Crippen molar-refractivity contribution in [2.75, 3.05) is 5.73 Å². The zero-order chi connectivity index (χ0) is 11.7. The van der Waals surface area contributed by atoms with Crippen molar-refractivity contribution in [2.24, 2.45) is 0 Å². The standard InChI is InChI=1S/C13H11ClFN/c1-8-4-10(6-11(15)5-8)9-2-3-13(16)12(14)7-9/h2-7H,16H2,1H3. The van der Waals surface area contributed by atoms with Crippen LogP contribution in [0.3, 0.4) is 0 Å². The van der Waals surface area contributed by atoms with Gasteiger partial charge in [-0.1, -0.05) is 23.7 Å². The molecule has 16 heavy (non-hydrogen) atoms. The van der Waals surface area contributed by atoms with Gasteiger partial charge in [0.1, 0.15) is 5.82 Å². The van der Waals surface area contributed by atoms with Crippen molar-refractivity contribution in [1.82, 2.24) is 0 Å². The van der Waals surface area contributed by atoms with E-state index < -0.39 is 0 Å². The minimum atomic E-state index is -0.247. The van der Waals surface area contributed by atoms with Gasteiger partial charge in [0.25, 0.3) is 0 Å². The number of halogens is 2. The van der Waals surface area contributed by atoms with Crippen molar-refractivity contribution in [1.29, 1.82) is 0 Å². The first-order valence-corrected chi connectivity index (χ1v) is 5.26. The van der Waals surface area contributed by atoms with Gasteiger partial charge in [0.2, 0.25) is 0 Å². The molecule has 82 valence electrons. The fraction of sp³-hybridized carbons (Fsp3) is 0.0769. The molecular formula is C13H11ClFN. The van der Waals surface area contributed by atoms with E-state index in [1.54, 1.807) is 12.1 Å². The summed E-state index contributed by atoms with van der Waals surface area (Å²) in [4.78, 5) is 0. The second-order valence-electron chi connectivity index (χ2n) is 3.75. The molecule has 2 aromatic rings. The topological polar surface area (TPSA) is 26.0 Å². The number of hydrogen-bond acceptors (Lipinski definition) is 1. The van der Waals surface area contributed by atoms with Crippen molar-refractivity contribution < 1.29 is 4.39 Å². The Bertz CT molecular complexity index is 517. The molecule has 0 aliphatic rings. The summed E-state index contributed by atoms with van der Waals surface area (Å²) >= 11 is 5.92. The molecule has 0 aromatic heterocycles. The lowest BCUT2D eigenvalue weighted by Gasteiger charge is -2.05. The second-order valence-corrected chi connectivity index (χ2v) is 4.16. The van der Waals surface area contributed by atoms with Crippen molar-refractivity contribution in [2.45, 2.75) is 6.92 Å². The third-order valence-electron chi connectivity index (χ3n) is 2.38. The summed E-state index contributed by atoms with van der Waals surface area (Å²) in [5, 5.41) is 0.486. The average Bonchev–Trinajstić information content (AvgIpc) is 2.20. The van der Waals surface area contributed by atoms with Crippen molar-refractivity contribution in [3.05, 3.63) is 52.8 Å². The van der Waals surface area contributed by atoms with Gasteiger partial charge in [-0.2, -0.15) is 0 Å². The van der Waals surface area contributed by atoms with Crippen LogP contribution in [0.1, 0.15) is 5.56 Å². The number of nitrogen functional groups attached to an aromatic ring is 1. The molecule has 0 spiro atoms. The Kier molecular flexibility index (Phi) is 2.84. The van der Waals surface area contributed by atoms with Crippen LogP contribution in [0, 0.1) is 12.7 Å². The van der Waals surface area contributed by atoms with Crippen LogP contribution < -0.4 is 5.73 Å². The van der Waals surface area contributed by atoms with Gasteiger partial charge in [0.05, 0.1) is 10.7 Å². The minimum Gasteiger partial charge on any atom is -0.398 e. The summed E-state index contributed by atoms with van der Waals surface area (Å²) in [5.74, 6) is -0.247. The van der Waals surface area contributed by atoms with E-state index >= 15 is 0 Å². The van der Waals surface area contributed by atoms with Crippen molar-refractivity contribution >= 4 is 17.3 Å². The van der Waals surface area contributed by atoms with E-state index in [9.17, 15) is 4.39 Å². The van der Waals surface area contributed by atoms with Crippen molar-refractivity contribution in [3.63, 3.8) is 0 Å². The van der Waals surface area contributed by atoms with Gasteiger partial charge >= 0.3 is 0 Å². The Morgan fingerprint density at radius 3 is 2.44 bits per heavy atom. The molecule has 2 aromatic carbocycles. The Labute approximate surface area is 98.7 Å². The maximum Gasteiger partial charge on any atom is 0.124 e. The molecule has 3 heteroatoms. The van der Waals surface area contributed by atoms with Gasteiger partial charge in [-0.05, 0) is 47.9 Å². The predicted octanol–water partition coefficient (Wildman–Crippen LogP) is 4.04. The molecule has 0 unspecified atom stereocenters. The molecular weight excluding hydrogens is 225 g/mol. The van der Waals surface area contributed by atoms with E-state index in [1.807, 2.05) is 19.1 Å². The van der Waals surface area contributed by atoms with Crippen LogP contribution in [0.15, 0.2) is 36.4 Å². The second kappa shape index (κ2) is 4.14. The molecule has 0 saturated carbocycles. The smallest absolute Gasteiger partial charge is 0.124 e. The number of rotatable bonds is 1. The third-order valence-corrected chi connectivity index (χ3v) is 2.70. The maximum absolute atomic E-state index is 13.2. The molecule has 2 N–H and O–H groups in total. The van der Waals surface area contributed by atoms with E-state index in [0.717, 1.165) is 16.7 Å². The molecule has 0 fully saturated rings. The summed E-state index contributed by atoms with van der Waals surface area (Å²) in [6.45, 7) is 1.85. The van der Waals surface area contributed by atoms with E-state index in [4.69, 9.17) is 17.3 Å². The van der Waals surface area contributed by atoms with Crippen LogP contribution in [0.4, 0.5) is 10.1 Å². The average molecular weight is 236 g/mol. The maximum atomic E-state index is 13.2. The first-order chi connectivity index (χ1) is 7.56. The number of hydrogen-bond donors (Lipinski definition) is 1. The fourth-order valence-corrected chi connectivity index (χ4v) is 1.79. The number of aryl methyl sites for hydroxylation is 1. The van der Waals surface area contributed by atoms with Gasteiger partial charge in [-0.25, -0.2) is 4.39 Å². The lowest BCUT2D eigenvalue weighted by atomic mass is 10.0. The quantitative estimate of drug-likeness (QED) is 0.742. The fourth-order valence-electron chi connectivity index (χ4n) is 1.61. The monoisotopic (exact) mass is 235 g/mol. The van der Waals surface area contributed by atoms with Gasteiger partial charge < -0.3 is 5.73 Å². The highest BCUT2D eigenvalue weighted by Gasteiger charge is 2.03. The molecule has 0 aliphatic heterocycles. The van der Waals surface area contributed by atoms with Crippen LogP contribution in [-0.2, 0) is 0 Å². The van der Waals surface area contributed by atoms with Crippen LogP contribution >= 0.6 is 11.6 Å². The zero-order valence-corrected chi connectivity index (χ0v) is 9.55. The highest BCUT2D eigenvalue weighted by atomic mass is 35.5. The van der Waals surface area contributed by atoms with Crippen LogP contribution in [0.2, 0.25) is 5.02 Å². The summed E-state index contributed by atoms with van der Waals surface area (Å²) in [6, 6.07) is 10.2. The van der Waals surface area contributed by atoms with Gasteiger partial charge in [-0.15, -0.1) is 0 Å². The van der Waals surface area contributed by atoms with Crippen LogP contribution in [-0.4, -0.2) is 0 Å². The first-order valence-electron chi connectivity index (χ1n) is 4.89. The van der Waals surface area contributed by atoms with Crippen LogP contribution in [0.25, 0.3) is 11.1 Å². The summed E-state index contributed by atoms with van der Waals surface area (Å²) in [5.41, 5.74) is 8.69. The number of anilines is 1. The largest absolute Gasteiger partial charge is 0.398 e. The molecule has 0 bridgehead atoms. The minimum absolute atomic E-state index is 0.247. The molecule has 0 radical (unpaired) electrons. The van der Waals surface area contributed by atoms with Gasteiger partial charge in [-0.3, -0.25) is 0 Å². The van der Waals surface area contributed by atoms with E-state index in [2.05, 4.69) is 0 Å². The molecule has 0 saturated heterocycles. The Morgan fingerprint density at radius 1 is 1.06 bits per heavy atom. The zero-order valence-electron chi connectivity index (χ0n) is 8.80. The summed E-state index contributed by atoms with van der Waals surface area (Å²) in [6.07, 6.45) is 0. The SMILES string of the molecule is Cc1cc(F)cc(-c2ccc(N)c(Cl)c2)c1. The Balaban J connectivity index is 2.54. The van der Waals surface area contributed by atoms with Gasteiger partial charge in [0.15, 0.2) is 0 Å².